The molecule has 0 unspecified atom stereocenters. The van der Waals surface area contributed by atoms with E-state index in [-0.39, 0.29) is 0 Å². The zero-order valence-corrected chi connectivity index (χ0v) is 8.70. The van der Waals surface area contributed by atoms with Gasteiger partial charge in [-0.3, -0.25) is 0 Å². The fourth-order valence-corrected chi connectivity index (χ4v) is 0.955. The Morgan fingerprint density at radius 1 is 1.53 bits per heavy atom. The van der Waals surface area contributed by atoms with E-state index in [4.69, 9.17) is 14.8 Å². The van der Waals surface area contributed by atoms with Gasteiger partial charge in [-0.1, -0.05) is 6.58 Å². The van der Waals surface area contributed by atoms with E-state index in [1.165, 1.54) is 0 Å². The van der Waals surface area contributed by atoms with Gasteiger partial charge in [-0.15, -0.1) is 0 Å². The first-order chi connectivity index (χ1) is 7.17. The van der Waals surface area contributed by atoms with Gasteiger partial charge in [0.25, 0.3) is 0 Å². The van der Waals surface area contributed by atoms with E-state index in [0.29, 0.717) is 22.8 Å². The second kappa shape index (κ2) is 4.91. The van der Waals surface area contributed by atoms with E-state index in [1.54, 1.807) is 32.2 Å². The van der Waals surface area contributed by atoms with Gasteiger partial charge in [-0.2, -0.15) is 5.26 Å². The second-order valence-electron chi connectivity index (χ2n) is 2.96. The maximum atomic E-state index is 8.87. The molecule has 1 N–H and O–H groups in total. The lowest BCUT2D eigenvalue weighted by molar-refractivity contribution is 0.229. The highest BCUT2D eigenvalue weighted by Gasteiger charge is 2.05. The molecule has 4 heteroatoms. The minimum atomic E-state index is 0.406. The first kappa shape index (κ1) is 10.9. The maximum Gasteiger partial charge on any atom is 0.173 e. The molecule has 0 aliphatic carbocycles. The summed E-state index contributed by atoms with van der Waals surface area (Å²) in [7, 11) is 1.54. The number of nitrogens with one attached hydrogen (secondary N) is 1. The van der Waals surface area contributed by atoms with E-state index in [0.717, 1.165) is 0 Å². The number of benzene rings is 1. The lowest BCUT2D eigenvalue weighted by Crippen LogP contribution is -2.15. The van der Waals surface area contributed by atoms with Crippen LogP contribution in [-0.2, 0) is 0 Å². The summed E-state index contributed by atoms with van der Waals surface area (Å²) in [6.45, 7) is 5.38. The summed E-state index contributed by atoms with van der Waals surface area (Å²) >= 11 is 0. The predicted molar refractivity (Wildman–Crippen MR) is 56.3 cm³/mol. The van der Waals surface area contributed by atoms with Crippen LogP contribution in [0.2, 0.25) is 0 Å². The highest BCUT2D eigenvalue weighted by atomic mass is 16.6. The Hall–Kier alpha value is -2.15. The third kappa shape index (κ3) is 2.92. The average molecular weight is 204 g/mol. The number of ether oxygens (including phenoxy) is 1. The van der Waals surface area contributed by atoms with Gasteiger partial charge in [0.05, 0.1) is 7.11 Å². The highest BCUT2D eigenvalue weighted by Crippen LogP contribution is 2.22. The van der Waals surface area contributed by atoms with Gasteiger partial charge >= 0.3 is 0 Å². The summed E-state index contributed by atoms with van der Waals surface area (Å²) in [4.78, 5) is 5.16. The van der Waals surface area contributed by atoms with Crippen LogP contribution in [0.1, 0.15) is 12.5 Å². The number of hydrogen-bond acceptors (Lipinski definition) is 4. The summed E-state index contributed by atoms with van der Waals surface area (Å²) in [5, 5.41) is 8.87. The highest BCUT2D eigenvalue weighted by molar-refractivity contribution is 5.47. The molecule has 1 aromatic carbocycles. The number of hydrogen-bond donors (Lipinski definition) is 1. The van der Waals surface area contributed by atoms with Gasteiger partial charge in [0.1, 0.15) is 17.4 Å². The molecule has 0 aliphatic rings. The Kier molecular flexibility index (Phi) is 3.58. The lowest BCUT2D eigenvalue weighted by atomic mass is 10.2. The van der Waals surface area contributed by atoms with Crippen molar-refractivity contribution < 1.29 is 9.57 Å². The Morgan fingerprint density at radius 2 is 2.27 bits per heavy atom. The third-order valence-electron chi connectivity index (χ3n) is 1.64. The molecule has 0 aromatic heterocycles. The molecule has 0 bridgehead atoms. The zero-order valence-electron chi connectivity index (χ0n) is 8.70. The zero-order chi connectivity index (χ0) is 11.3. The van der Waals surface area contributed by atoms with Gasteiger partial charge in [-0.05, 0) is 19.1 Å². The fraction of sp³-hybridized carbons (Fsp3) is 0.182. The van der Waals surface area contributed by atoms with Crippen LogP contribution in [0.25, 0.3) is 0 Å². The molecule has 15 heavy (non-hydrogen) atoms. The molecule has 1 aromatic rings. The summed E-state index contributed by atoms with van der Waals surface area (Å²) in [5.41, 5.74) is 3.66. The van der Waals surface area contributed by atoms with Crippen molar-refractivity contribution in [2.24, 2.45) is 0 Å². The number of rotatable bonds is 4. The van der Waals surface area contributed by atoms with Crippen molar-refractivity contribution in [2.75, 3.05) is 7.11 Å². The van der Waals surface area contributed by atoms with Gasteiger partial charge < -0.3 is 9.57 Å². The Bertz CT molecular complexity index is 408. The summed E-state index contributed by atoms with van der Waals surface area (Å²) in [6, 6.07) is 7.00. The summed E-state index contributed by atoms with van der Waals surface area (Å²) < 4.78 is 4.99. The molecule has 4 nitrogen and oxygen atoms in total. The van der Waals surface area contributed by atoms with Crippen LogP contribution in [0, 0.1) is 11.3 Å². The Morgan fingerprint density at radius 3 is 2.80 bits per heavy atom. The molecule has 0 saturated heterocycles. The van der Waals surface area contributed by atoms with Crippen molar-refractivity contribution in [3.8, 4) is 17.6 Å². The molecule has 0 fully saturated rings. The summed E-state index contributed by atoms with van der Waals surface area (Å²) in [5.74, 6) is 1.07. The second-order valence-corrected chi connectivity index (χ2v) is 2.96. The fourth-order valence-electron chi connectivity index (χ4n) is 0.955. The van der Waals surface area contributed by atoms with E-state index in [2.05, 4.69) is 12.1 Å². The van der Waals surface area contributed by atoms with Crippen molar-refractivity contribution >= 4 is 0 Å². The Balaban J connectivity index is 2.89. The molecule has 0 amide bonds. The maximum absolute atomic E-state index is 8.87. The van der Waals surface area contributed by atoms with Crippen LogP contribution in [0.15, 0.2) is 30.5 Å². The molecule has 0 saturated carbocycles. The molecule has 0 radical (unpaired) electrons. The number of nitriles is 1. The molecular weight excluding hydrogens is 192 g/mol. The van der Waals surface area contributed by atoms with Crippen LogP contribution < -0.4 is 15.1 Å². The van der Waals surface area contributed by atoms with Crippen molar-refractivity contribution in [1.82, 2.24) is 5.48 Å². The van der Waals surface area contributed by atoms with Crippen molar-refractivity contribution in [2.45, 2.75) is 6.92 Å². The minimum absolute atomic E-state index is 0.406. The molecule has 0 spiro atoms. The first-order valence-electron chi connectivity index (χ1n) is 4.34. The first-order valence-corrected chi connectivity index (χ1v) is 4.34. The number of allylic oxidation sites excluding steroid dienone is 1. The predicted octanol–water partition coefficient (Wildman–Crippen LogP) is 1.98. The molecule has 1 rings (SSSR count). The minimum Gasteiger partial charge on any atom is -0.497 e. The third-order valence-corrected chi connectivity index (χ3v) is 1.64. The SMILES string of the molecule is C=C(C)NOc1ccc(OC)cc1C#N. The molecule has 78 valence electrons. The van der Waals surface area contributed by atoms with Crippen LogP contribution in [0.3, 0.4) is 0 Å². The van der Waals surface area contributed by atoms with Crippen LogP contribution in [0.4, 0.5) is 0 Å². The molecule has 0 atom stereocenters. The number of hydroxylamine groups is 1. The monoisotopic (exact) mass is 204 g/mol. The topological polar surface area (TPSA) is 54.3 Å². The van der Waals surface area contributed by atoms with Gasteiger partial charge in [-0.25, -0.2) is 5.48 Å². The van der Waals surface area contributed by atoms with Crippen molar-refractivity contribution in [3.05, 3.63) is 36.0 Å². The quantitative estimate of drug-likeness (QED) is 0.762. The van der Waals surface area contributed by atoms with Gasteiger partial charge in [0, 0.05) is 11.8 Å². The number of nitrogens with zero attached hydrogens (tertiary/aromatic N) is 1. The van der Waals surface area contributed by atoms with Crippen LogP contribution in [-0.4, -0.2) is 7.11 Å². The summed E-state index contributed by atoms with van der Waals surface area (Å²) in [6.07, 6.45) is 0. The molecule has 0 aliphatic heterocycles. The standard InChI is InChI=1S/C11H12N2O2/c1-8(2)13-15-11-5-4-10(14-3)6-9(11)7-12/h4-6,13H,1H2,2-3H3. The van der Waals surface area contributed by atoms with Gasteiger partial charge in [0.15, 0.2) is 5.75 Å². The smallest absolute Gasteiger partial charge is 0.173 e. The normalized spacial score (nSPS) is 8.87. The average Bonchev–Trinajstić information content (AvgIpc) is 2.25. The van der Waals surface area contributed by atoms with E-state index in [9.17, 15) is 0 Å². The number of methoxy groups -OCH3 is 1. The van der Waals surface area contributed by atoms with E-state index in [1.807, 2.05) is 6.07 Å². The van der Waals surface area contributed by atoms with Gasteiger partial charge in [0.2, 0.25) is 0 Å². The largest absolute Gasteiger partial charge is 0.497 e. The van der Waals surface area contributed by atoms with Crippen LogP contribution in [0.5, 0.6) is 11.5 Å². The lowest BCUT2D eigenvalue weighted by Gasteiger charge is -2.09. The molecule has 0 heterocycles. The van der Waals surface area contributed by atoms with Crippen molar-refractivity contribution in [3.63, 3.8) is 0 Å². The molecular formula is C11H12N2O2. The van der Waals surface area contributed by atoms with E-state index >= 15 is 0 Å². The van der Waals surface area contributed by atoms with Crippen molar-refractivity contribution in [1.29, 1.82) is 5.26 Å². The van der Waals surface area contributed by atoms with Crippen LogP contribution >= 0.6 is 0 Å². The van der Waals surface area contributed by atoms with E-state index < -0.39 is 0 Å². The Labute approximate surface area is 88.7 Å².